The first kappa shape index (κ1) is 13.8. The van der Waals surface area contributed by atoms with E-state index < -0.39 is 5.54 Å². The van der Waals surface area contributed by atoms with Crippen LogP contribution in [0.5, 0.6) is 0 Å². The maximum absolute atomic E-state index is 9.23. The van der Waals surface area contributed by atoms with Gasteiger partial charge in [-0.3, -0.25) is 4.90 Å². The van der Waals surface area contributed by atoms with Crippen molar-refractivity contribution in [1.29, 1.82) is 5.26 Å². The predicted molar refractivity (Wildman–Crippen MR) is 71.0 cm³/mol. The Bertz CT molecular complexity index is 336. The van der Waals surface area contributed by atoms with Gasteiger partial charge >= 0.3 is 0 Å². The van der Waals surface area contributed by atoms with Crippen LogP contribution in [-0.2, 0) is 4.74 Å². The molecule has 1 heterocycles. The van der Waals surface area contributed by atoms with Crippen molar-refractivity contribution < 1.29 is 4.74 Å². The van der Waals surface area contributed by atoms with E-state index in [2.05, 4.69) is 24.8 Å². The Balaban J connectivity index is 1.90. The zero-order valence-electron chi connectivity index (χ0n) is 11.6. The molecule has 2 atom stereocenters. The Morgan fingerprint density at radius 2 is 2.28 bits per heavy atom. The van der Waals surface area contributed by atoms with Crippen molar-refractivity contribution in [2.75, 3.05) is 26.3 Å². The van der Waals surface area contributed by atoms with Gasteiger partial charge in [0, 0.05) is 12.1 Å². The molecule has 1 aliphatic heterocycles. The monoisotopic (exact) mass is 251 g/mol. The molecule has 2 aliphatic rings. The predicted octanol–water partition coefficient (Wildman–Crippen LogP) is 1.51. The Hall–Kier alpha value is -0.630. The summed E-state index contributed by atoms with van der Waals surface area (Å²) in [6.07, 6.45) is 4.10. The third-order valence-electron chi connectivity index (χ3n) is 4.64. The van der Waals surface area contributed by atoms with Crippen LogP contribution >= 0.6 is 0 Å². The number of hydrogen-bond donors (Lipinski definition) is 1. The molecule has 2 N–H and O–H groups in total. The molecule has 0 radical (unpaired) electrons. The molecule has 0 bridgehead atoms. The molecule has 1 saturated carbocycles. The van der Waals surface area contributed by atoms with E-state index >= 15 is 0 Å². The largest absolute Gasteiger partial charge is 0.378 e. The number of hydrogen-bond acceptors (Lipinski definition) is 4. The van der Waals surface area contributed by atoms with Crippen LogP contribution in [0.15, 0.2) is 0 Å². The van der Waals surface area contributed by atoms with Gasteiger partial charge < -0.3 is 10.5 Å². The molecule has 2 rings (SSSR count). The van der Waals surface area contributed by atoms with Crippen LogP contribution in [0.2, 0.25) is 0 Å². The summed E-state index contributed by atoms with van der Waals surface area (Å²) in [4.78, 5) is 2.48. The molecule has 2 unspecified atom stereocenters. The second-order valence-electron chi connectivity index (χ2n) is 6.38. The highest BCUT2D eigenvalue weighted by molar-refractivity contribution is 5.12. The number of morpholine rings is 1. The van der Waals surface area contributed by atoms with E-state index in [1.165, 1.54) is 0 Å². The molecular formula is C14H25N3O. The van der Waals surface area contributed by atoms with Gasteiger partial charge in [0.05, 0.1) is 19.3 Å². The third kappa shape index (κ3) is 2.69. The van der Waals surface area contributed by atoms with Crippen molar-refractivity contribution in [1.82, 2.24) is 4.90 Å². The van der Waals surface area contributed by atoms with E-state index in [1.54, 1.807) is 0 Å². The molecule has 0 aromatic heterocycles. The lowest BCUT2D eigenvalue weighted by Gasteiger charge is -2.43. The molecule has 4 nitrogen and oxygen atoms in total. The molecule has 2 fully saturated rings. The summed E-state index contributed by atoms with van der Waals surface area (Å²) in [7, 11) is 0. The van der Waals surface area contributed by atoms with E-state index in [4.69, 9.17) is 10.5 Å². The maximum atomic E-state index is 9.23. The quantitative estimate of drug-likeness (QED) is 0.826. The van der Waals surface area contributed by atoms with E-state index in [1.807, 2.05) is 0 Å². The Kier molecular flexibility index (Phi) is 3.96. The minimum atomic E-state index is -0.573. The van der Waals surface area contributed by atoms with Crippen molar-refractivity contribution in [3.8, 4) is 6.07 Å². The Morgan fingerprint density at radius 1 is 1.50 bits per heavy atom. The van der Waals surface area contributed by atoms with Crippen molar-refractivity contribution >= 4 is 0 Å². The molecule has 0 amide bonds. The van der Waals surface area contributed by atoms with Gasteiger partial charge in [-0.15, -0.1) is 0 Å². The van der Waals surface area contributed by atoms with Crippen LogP contribution in [0.4, 0.5) is 0 Å². The highest BCUT2D eigenvalue weighted by Gasteiger charge is 2.40. The standard InChI is InChI=1S/C14H25N3O/c1-13(2)11-18-9-8-17(13)7-5-12-4-3-6-14(12,16)10-15/h12H,3-9,11,16H2,1-2H3. The first-order chi connectivity index (χ1) is 8.48. The number of rotatable bonds is 3. The normalized spacial score (nSPS) is 36.4. The highest BCUT2D eigenvalue weighted by atomic mass is 16.5. The van der Waals surface area contributed by atoms with E-state index in [9.17, 15) is 5.26 Å². The smallest absolute Gasteiger partial charge is 0.107 e. The number of nitrogens with zero attached hydrogens (tertiary/aromatic N) is 2. The molecule has 18 heavy (non-hydrogen) atoms. The minimum absolute atomic E-state index is 0.112. The molecule has 0 spiro atoms. The Labute approximate surface area is 110 Å². The number of nitrogens with two attached hydrogens (primary N) is 1. The van der Waals surface area contributed by atoms with E-state index in [-0.39, 0.29) is 5.54 Å². The molecule has 4 heteroatoms. The first-order valence-electron chi connectivity index (χ1n) is 7.01. The topological polar surface area (TPSA) is 62.3 Å². The van der Waals surface area contributed by atoms with Gasteiger partial charge in [0.1, 0.15) is 5.54 Å². The van der Waals surface area contributed by atoms with E-state index in [0.717, 1.165) is 52.0 Å². The van der Waals surface area contributed by atoms with Gasteiger partial charge in [-0.25, -0.2) is 0 Å². The lowest BCUT2D eigenvalue weighted by Crippen LogP contribution is -2.54. The van der Waals surface area contributed by atoms with Gasteiger partial charge in [0.2, 0.25) is 0 Å². The van der Waals surface area contributed by atoms with Gasteiger partial charge in [0.15, 0.2) is 0 Å². The maximum Gasteiger partial charge on any atom is 0.107 e. The van der Waals surface area contributed by atoms with Gasteiger partial charge in [-0.05, 0) is 45.6 Å². The average Bonchev–Trinajstić information content (AvgIpc) is 2.70. The summed E-state index contributed by atoms with van der Waals surface area (Å²) in [6.45, 7) is 8.08. The van der Waals surface area contributed by atoms with Gasteiger partial charge in [-0.2, -0.15) is 5.26 Å². The van der Waals surface area contributed by atoms with Crippen molar-refractivity contribution in [2.24, 2.45) is 11.7 Å². The molecule has 1 aliphatic carbocycles. The van der Waals surface area contributed by atoms with Crippen LogP contribution in [-0.4, -0.2) is 42.3 Å². The number of ether oxygens (including phenoxy) is 1. The zero-order valence-corrected chi connectivity index (χ0v) is 11.6. The molecular weight excluding hydrogens is 226 g/mol. The van der Waals surface area contributed by atoms with Gasteiger partial charge in [0.25, 0.3) is 0 Å². The van der Waals surface area contributed by atoms with Crippen molar-refractivity contribution in [3.05, 3.63) is 0 Å². The van der Waals surface area contributed by atoms with Crippen LogP contribution < -0.4 is 5.73 Å². The fourth-order valence-corrected chi connectivity index (χ4v) is 3.27. The lowest BCUT2D eigenvalue weighted by molar-refractivity contribution is -0.0531. The van der Waals surface area contributed by atoms with Gasteiger partial charge in [-0.1, -0.05) is 6.42 Å². The molecule has 102 valence electrons. The minimum Gasteiger partial charge on any atom is -0.378 e. The average molecular weight is 251 g/mol. The zero-order chi connectivity index (χ0) is 13.2. The van der Waals surface area contributed by atoms with Crippen LogP contribution in [0.1, 0.15) is 39.5 Å². The molecule has 0 aromatic rings. The summed E-state index contributed by atoms with van der Waals surface area (Å²) in [6, 6.07) is 2.33. The van der Waals surface area contributed by atoms with Crippen LogP contribution in [0.25, 0.3) is 0 Å². The summed E-state index contributed by atoms with van der Waals surface area (Å²) in [5.41, 5.74) is 5.72. The van der Waals surface area contributed by atoms with E-state index in [0.29, 0.717) is 5.92 Å². The SMILES string of the molecule is CC1(C)COCCN1CCC1CCCC1(N)C#N. The second kappa shape index (κ2) is 5.16. The fraction of sp³-hybridized carbons (Fsp3) is 0.929. The lowest BCUT2D eigenvalue weighted by atomic mass is 9.86. The fourth-order valence-electron chi connectivity index (χ4n) is 3.27. The van der Waals surface area contributed by atoms with Crippen molar-refractivity contribution in [2.45, 2.75) is 50.6 Å². The molecule has 0 aromatic carbocycles. The van der Waals surface area contributed by atoms with Crippen molar-refractivity contribution in [3.63, 3.8) is 0 Å². The summed E-state index contributed by atoms with van der Waals surface area (Å²) < 4.78 is 5.53. The summed E-state index contributed by atoms with van der Waals surface area (Å²) in [5.74, 6) is 0.362. The van der Waals surface area contributed by atoms with Crippen LogP contribution in [0.3, 0.4) is 0 Å². The number of nitriles is 1. The van der Waals surface area contributed by atoms with Crippen LogP contribution in [0, 0.1) is 17.2 Å². The highest BCUT2D eigenvalue weighted by Crippen LogP contribution is 2.36. The Morgan fingerprint density at radius 3 is 2.94 bits per heavy atom. The first-order valence-corrected chi connectivity index (χ1v) is 7.01. The summed E-state index contributed by atoms with van der Waals surface area (Å²) in [5, 5.41) is 9.23. The summed E-state index contributed by atoms with van der Waals surface area (Å²) >= 11 is 0. The third-order valence-corrected chi connectivity index (χ3v) is 4.64. The molecule has 1 saturated heterocycles. The second-order valence-corrected chi connectivity index (χ2v) is 6.38.